The van der Waals surface area contributed by atoms with Crippen LogP contribution in [0.15, 0.2) is 16.5 Å². The molecule has 12 heteroatoms. The van der Waals surface area contributed by atoms with Gasteiger partial charge in [-0.2, -0.15) is 18.2 Å². The van der Waals surface area contributed by atoms with Crippen LogP contribution in [-0.2, 0) is 0 Å². The number of rotatable bonds is 8. The number of aromatic nitrogens is 3. The smallest absolute Gasteiger partial charge is 0.405 e. The Morgan fingerprint density at radius 3 is 2.60 bits per heavy atom. The topological polar surface area (TPSA) is 126 Å². The second-order valence-corrected chi connectivity index (χ2v) is 8.69. The summed E-state index contributed by atoms with van der Waals surface area (Å²) in [6.45, 7) is 4.33. The number of hydrogen-bond donors (Lipinski definition) is 4. The monoisotopic (exact) mass is 495 g/mol. The number of alkyl halides is 3. The number of nitrogens with zero attached hydrogens (tertiary/aromatic N) is 3. The predicted molar refractivity (Wildman–Crippen MR) is 123 cm³/mol. The van der Waals surface area contributed by atoms with Gasteiger partial charge >= 0.3 is 6.18 Å². The van der Waals surface area contributed by atoms with E-state index < -0.39 is 24.9 Å². The lowest BCUT2D eigenvalue weighted by atomic mass is 10.1. The zero-order valence-electron chi connectivity index (χ0n) is 19.6. The largest absolute Gasteiger partial charge is 0.475 e. The summed E-state index contributed by atoms with van der Waals surface area (Å²) in [7, 11) is 0. The first-order valence-corrected chi connectivity index (χ1v) is 11.4. The second kappa shape index (κ2) is 9.86. The minimum Gasteiger partial charge on any atom is -0.475 e. The van der Waals surface area contributed by atoms with E-state index in [4.69, 9.17) is 9.15 Å². The van der Waals surface area contributed by atoms with Gasteiger partial charge in [0.2, 0.25) is 5.95 Å². The van der Waals surface area contributed by atoms with Crippen molar-refractivity contribution in [2.75, 3.05) is 30.4 Å². The minimum atomic E-state index is -4.45. The highest BCUT2D eigenvalue weighted by Gasteiger charge is 2.34. The van der Waals surface area contributed by atoms with Crippen molar-refractivity contribution in [3.8, 4) is 17.2 Å². The van der Waals surface area contributed by atoms with Crippen LogP contribution in [0.4, 0.5) is 24.9 Å². The van der Waals surface area contributed by atoms with Gasteiger partial charge in [-0.1, -0.05) is 0 Å². The first kappa shape index (κ1) is 25.0. The number of aryl methyl sites for hydroxylation is 2. The van der Waals surface area contributed by atoms with Gasteiger partial charge in [-0.05, 0) is 51.7 Å². The van der Waals surface area contributed by atoms with E-state index in [1.807, 2.05) is 19.9 Å². The first-order valence-electron chi connectivity index (χ1n) is 11.4. The molecule has 0 spiro atoms. The van der Waals surface area contributed by atoms with Crippen molar-refractivity contribution in [1.82, 2.24) is 15.0 Å². The molecule has 0 aliphatic heterocycles. The summed E-state index contributed by atoms with van der Waals surface area (Å²) < 4.78 is 50.0. The molecule has 3 aromatic rings. The van der Waals surface area contributed by atoms with Crippen LogP contribution in [0, 0.1) is 19.8 Å². The van der Waals surface area contributed by atoms with Crippen LogP contribution in [0.5, 0.6) is 5.88 Å². The lowest BCUT2D eigenvalue weighted by molar-refractivity contribution is -0.115. The van der Waals surface area contributed by atoms with Crippen molar-refractivity contribution >= 4 is 22.7 Å². The highest BCUT2D eigenvalue weighted by atomic mass is 19.4. The lowest BCUT2D eigenvalue weighted by Crippen LogP contribution is -2.29. The predicted octanol–water partition coefficient (Wildman–Crippen LogP) is 3.82. The normalized spacial score (nSPS) is 20.4. The standard InChI is InChI=1S/C23H28F3N5O4/c1-4-34-21-19-14(5-11(2)28-21)8-17(35-19)18-12(3)29-22(27-10-23(24,25)26)31-20(18)30-15-6-13(9-32)7-16(15)33/h5,8,13,15-16,32-33H,4,6-7,9-10H2,1-3H3,(H2,27,29,30,31)/t13-,15+,16+/m0/s1. The number of pyridine rings is 1. The molecule has 3 atom stereocenters. The number of nitrogens with one attached hydrogen (secondary N) is 2. The quantitative estimate of drug-likeness (QED) is 0.369. The zero-order valence-corrected chi connectivity index (χ0v) is 19.6. The molecule has 0 amide bonds. The molecule has 190 valence electrons. The molecule has 1 aliphatic carbocycles. The summed E-state index contributed by atoms with van der Waals surface area (Å²) in [5, 5.41) is 26.1. The third kappa shape index (κ3) is 5.59. The number of anilines is 2. The van der Waals surface area contributed by atoms with Gasteiger partial charge in [0.15, 0.2) is 5.58 Å². The Morgan fingerprint density at radius 1 is 1.17 bits per heavy atom. The number of furan rings is 1. The summed E-state index contributed by atoms with van der Waals surface area (Å²) in [4.78, 5) is 12.9. The molecular weight excluding hydrogens is 467 g/mol. The Bertz CT molecular complexity index is 1200. The van der Waals surface area contributed by atoms with E-state index in [0.29, 0.717) is 47.9 Å². The van der Waals surface area contributed by atoms with Crippen molar-refractivity contribution in [1.29, 1.82) is 0 Å². The van der Waals surface area contributed by atoms with Crippen LogP contribution in [-0.4, -0.2) is 63.2 Å². The molecule has 3 heterocycles. The fraction of sp³-hybridized carbons (Fsp3) is 0.522. The fourth-order valence-corrected chi connectivity index (χ4v) is 4.33. The summed E-state index contributed by atoms with van der Waals surface area (Å²) in [5.41, 5.74) is 1.98. The van der Waals surface area contributed by atoms with E-state index in [-0.39, 0.29) is 24.3 Å². The third-order valence-corrected chi connectivity index (χ3v) is 5.87. The molecule has 1 saturated carbocycles. The molecule has 1 fully saturated rings. The van der Waals surface area contributed by atoms with Crippen LogP contribution >= 0.6 is 0 Å². The lowest BCUT2D eigenvalue weighted by Gasteiger charge is -2.20. The maximum absolute atomic E-state index is 12.8. The molecule has 0 saturated heterocycles. The molecule has 1 aliphatic rings. The molecule has 4 rings (SSSR count). The van der Waals surface area contributed by atoms with Crippen LogP contribution in [0.3, 0.4) is 0 Å². The number of ether oxygens (including phenoxy) is 1. The molecular formula is C23H28F3N5O4. The van der Waals surface area contributed by atoms with E-state index in [9.17, 15) is 23.4 Å². The third-order valence-electron chi connectivity index (χ3n) is 5.87. The number of aliphatic hydroxyl groups excluding tert-OH is 2. The van der Waals surface area contributed by atoms with Crippen molar-refractivity contribution in [2.45, 2.75) is 51.9 Å². The highest BCUT2D eigenvalue weighted by Crippen LogP contribution is 2.39. The zero-order chi connectivity index (χ0) is 25.3. The first-order chi connectivity index (χ1) is 16.6. The summed E-state index contributed by atoms with van der Waals surface area (Å²) in [5.74, 6) is 0.627. The van der Waals surface area contributed by atoms with Crippen molar-refractivity contribution in [3.05, 3.63) is 23.5 Å². The van der Waals surface area contributed by atoms with Gasteiger partial charge in [0, 0.05) is 17.7 Å². The van der Waals surface area contributed by atoms with E-state index >= 15 is 0 Å². The van der Waals surface area contributed by atoms with E-state index in [1.54, 1.807) is 13.0 Å². The Hall–Kier alpha value is -3.12. The Balaban J connectivity index is 1.78. The molecule has 0 radical (unpaired) electrons. The molecule has 3 aromatic heterocycles. The Kier molecular flexibility index (Phi) is 7.04. The van der Waals surface area contributed by atoms with Gasteiger partial charge < -0.3 is 30.0 Å². The van der Waals surface area contributed by atoms with Gasteiger partial charge in [-0.15, -0.1) is 0 Å². The van der Waals surface area contributed by atoms with Crippen LogP contribution in [0.2, 0.25) is 0 Å². The maximum Gasteiger partial charge on any atom is 0.405 e. The molecule has 9 nitrogen and oxygen atoms in total. The molecule has 0 unspecified atom stereocenters. The van der Waals surface area contributed by atoms with Crippen LogP contribution in [0.25, 0.3) is 22.3 Å². The van der Waals surface area contributed by atoms with Crippen LogP contribution < -0.4 is 15.4 Å². The molecule has 35 heavy (non-hydrogen) atoms. The molecule has 0 aromatic carbocycles. The Morgan fingerprint density at radius 2 is 1.94 bits per heavy atom. The fourth-order valence-electron chi connectivity index (χ4n) is 4.33. The van der Waals surface area contributed by atoms with Gasteiger partial charge in [0.25, 0.3) is 5.88 Å². The molecule has 0 bridgehead atoms. The molecule has 4 N–H and O–H groups in total. The average Bonchev–Trinajstić information content (AvgIpc) is 3.35. The number of hydrogen-bond acceptors (Lipinski definition) is 9. The highest BCUT2D eigenvalue weighted by molar-refractivity contribution is 5.89. The van der Waals surface area contributed by atoms with Crippen molar-refractivity contribution < 1.29 is 32.5 Å². The summed E-state index contributed by atoms with van der Waals surface area (Å²) in [6.07, 6.45) is -4.32. The van der Waals surface area contributed by atoms with Gasteiger partial charge in [-0.3, -0.25) is 0 Å². The number of halogens is 3. The SMILES string of the molecule is CCOc1nc(C)cc2cc(-c3c(C)nc(NCC(F)(F)F)nc3N[C@@H]3C[C@H](CO)C[C@H]3O)oc12. The Labute approximate surface area is 199 Å². The van der Waals surface area contributed by atoms with Crippen LogP contribution in [0.1, 0.15) is 31.2 Å². The van der Waals surface area contributed by atoms with Gasteiger partial charge in [0.1, 0.15) is 18.1 Å². The van der Waals surface area contributed by atoms with Gasteiger partial charge in [-0.25, -0.2) is 9.97 Å². The van der Waals surface area contributed by atoms with E-state index in [0.717, 1.165) is 11.1 Å². The van der Waals surface area contributed by atoms with Crippen molar-refractivity contribution in [3.63, 3.8) is 0 Å². The number of fused-ring (bicyclic) bond motifs is 1. The summed E-state index contributed by atoms with van der Waals surface area (Å²) in [6, 6.07) is 3.15. The summed E-state index contributed by atoms with van der Waals surface area (Å²) >= 11 is 0. The van der Waals surface area contributed by atoms with Gasteiger partial charge in [0.05, 0.1) is 30.0 Å². The number of aliphatic hydroxyl groups is 2. The average molecular weight is 496 g/mol. The van der Waals surface area contributed by atoms with E-state index in [2.05, 4.69) is 25.6 Å². The maximum atomic E-state index is 12.8. The van der Waals surface area contributed by atoms with Crippen molar-refractivity contribution in [2.24, 2.45) is 5.92 Å². The van der Waals surface area contributed by atoms with E-state index in [1.165, 1.54) is 0 Å². The minimum absolute atomic E-state index is 0.0700. The second-order valence-electron chi connectivity index (χ2n) is 8.69.